The van der Waals surface area contributed by atoms with Crippen LogP contribution >= 0.6 is 0 Å². The van der Waals surface area contributed by atoms with Gasteiger partial charge in [0.2, 0.25) is 5.91 Å². The standard InChI is InChI=1S/C22H17N3O2/c26-20-11-10-17(19-9-4-12-23-22(19)20)14-24-25-21(27)13-16-7-3-6-15-5-1-2-8-18(15)16/h1-12,14,26H,13H2,(H,25,27). The highest BCUT2D eigenvalue weighted by molar-refractivity contribution is 6.00. The van der Waals surface area contributed by atoms with E-state index >= 15 is 0 Å². The molecule has 132 valence electrons. The lowest BCUT2D eigenvalue weighted by molar-refractivity contribution is -0.120. The van der Waals surface area contributed by atoms with Crippen LogP contribution in [0.2, 0.25) is 0 Å². The van der Waals surface area contributed by atoms with Crippen molar-refractivity contribution in [2.75, 3.05) is 0 Å². The number of nitrogens with one attached hydrogen (secondary N) is 1. The molecule has 0 saturated carbocycles. The van der Waals surface area contributed by atoms with Gasteiger partial charge in [-0.05, 0) is 34.5 Å². The lowest BCUT2D eigenvalue weighted by atomic mass is 10.0. The molecule has 0 unspecified atom stereocenters. The summed E-state index contributed by atoms with van der Waals surface area (Å²) in [7, 11) is 0. The summed E-state index contributed by atoms with van der Waals surface area (Å²) in [6.45, 7) is 0. The number of rotatable bonds is 4. The second kappa shape index (κ2) is 7.25. The van der Waals surface area contributed by atoms with E-state index in [-0.39, 0.29) is 18.1 Å². The average molecular weight is 355 g/mol. The van der Waals surface area contributed by atoms with E-state index in [1.807, 2.05) is 48.5 Å². The fourth-order valence-electron chi connectivity index (χ4n) is 3.13. The minimum absolute atomic E-state index is 0.114. The van der Waals surface area contributed by atoms with Gasteiger partial charge >= 0.3 is 0 Å². The molecule has 0 aliphatic heterocycles. The van der Waals surface area contributed by atoms with E-state index in [2.05, 4.69) is 15.5 Å². The molecular formula is C22H17N3O2. The molecule has 0 fully saturated rings. The quantitative estimate of drug-likeness (QED) is 0.432. The number of carbonyl (C=O) groups excluding carboxylic acids is 1. The number of hydrogen-bond donors (Lipinski definition) is 2. The molecule has 0 spiro atoms. The maximum Gasteiger partial charge on any atom is 0.244 e. The second-order valence-electron chi connectivity index (χ2n) is 6.18. The number of amides is 1. The third-order valence-electron chi connectivity index (χ3n) is 4.41. The van der Waals surface area contributed by atoms with Gasteiger partial charge in [-0.15, -0.1) is 0 Å². The van der Waals surface area contributed by atoms with Crippen molar-refractivity contribution < 1.29 is 9.90 Å². The first kappa shape index (κ1) is 16.7. The number of nitrogens with zero attached hydrogens (tertiary/aromatic N) is 2. The van der Waals surface area contributed by atoms with Crippen LogP contribution in [0.15, 0.2) is 78.0 Å². The number of fused-ring (bicyclic) bond motifs is 2. The van der Waals surface area contributed by atoms with Crippen LogP contribution in [-0.2, 0) is 11.2 Å². The van der Waals surface area contributed by atoms with E-state index in [0.717, 1.165) is 27.3 Å². The maximum absolute atomic E-state index is 12.3. The molecule has 0 atom stereocenters. The van der Waals surface area contributed by atoms with E-state index < -0.39 is 0 Å². The van der Waals surface area contributed by atoms with E-state index in [1.165, 1.54) is 0 Å². The molecule has 0 radical (unpaired) electrons. The highest BCUT2D eigenvalue weighted by atomic mass is 16.3. The van der Waals surface area contributed by atoms with Gasteiger partial charge in [0.1, 0.15) is 11.3 Å². The first-order valence-electron chi connectivity index (χ1n) is 8.57. The zero-order valence-corrected chi connectivity index (χ0v) is 14.5. The summed E-state index contributed by atoms with van der Waals surface area (Å²) in [5.41, 5.74) is 4.80. The fraction of sp³-hybridized carbons (Fsp3) is 0.0455. The molecule has 4 aromatic rings. The summed E-state index contributed by atoms with van der Waals surface area (Å²) in [6.07, 6.45) is 3.43. The van der Waals surface area contributed by atoms with Gasteiger partial charge in [0, 0.05) is 17.1 Å². The molecule has 2 N–H and O–H groups in total. The molecule has 27 heavy (non-hydrogen) atoms. The van der Waals surface area contributed by atoms with Crippen LogP contribution in [0.3, 0.4) is 0 Å². The zero-order chi connectivity index (χ0) is 18.6. The number of benzene rings is 3. The van der Waals surface area contributed by atoms with Gasteiger partial charge in [0.15, 0.2) is 0 Å². The number of hydrazone groups is 1. The Balaban J connectivity index is 1.50. The number of carbonyl (C=O) groups is 1. The van der Waals surface area contributed by atoms with Crippen LogP contribution in [0.1, 0.15) is 11.1 Å². The predicted octanol–water partition coefficient (Wildman–Crippen LogP) is 3.79. The number of aromatic nitrogens is 1. The first-order chi connectivity index (χ1) is 13.2. The molecule has 4 rings (SSSR count). The summed E-state index contributed by atoms with van der Waals surface area (Å²) < 4.78 is 0. The second-order valence-corrected chi connectivity index (χ2v) is 6.18. The van der Waals surface area contributed by atoms with Crippen molar-refractivity contribution in [3.8, 4) is 5.75 Å². The third-order valence-corrected chi connectivity index (χ3v) is 4.41. The monoisotopic (exact) mass is 355 g/mol. The zero-order valence-electron chi connectivity index (χ0n) is 14.5. The van der Waals surface area contributed by atoms with E-state index in [4.69, 9.17) is 0 Å². The van der Waals surface area contributed by atoms with Crippen LogP contribution in [0.5, 0.6) is 5.75 Å². The summed E-state index contributed by atoms with van der Waals surface area (Å²) in [6, 6.07) is 20.8. The molecular weight excluding hydrogens is 338 g/mol. The SMILES string of the molecule is O=C(Cc1cccc2ccccc12)NN=Cc1ccc(O)c2ncccc12. The van der Waals surface area contributed by atoms with Gasteiger partial charge in [0.25, 0.3) is 0 Å². The fourth-order valence-corrected chi connectivity index (χ4v) is 3.13. The Morgan fingerprint density at radius 3 is 2.74 bits per heavy atom. The molecule has 5 heteroatoms. The highest BCUT2D eigenvalue weighted by Gasteiger charge is 2.07. The smallest absolute Gasteiger partial charge is 0.244 e. The minimum atomic E-state index is -0.191. The number of aromatic hydroxyl groups is 1. The molecule has 0 aliphatic carbocycles. The van der Waals surface area contributed by atoms with Crippen LogP contribution in [0, 0.1) is 0 Å². The van der Waals surface area contributed by atoms with E-state index in [1.54, 1.807) is 30.6 Å². The molecule has 5 nitrogen and oxygen atoms in total. The average Bonchev–Trinajstić information content (AvgIpc) is 2.70. The van der Waals surface area contributed by atoms with Crippen molar-refractivity contribution in [1.82, 2.24) is 10.4 Å². The molecule has 0 saturated heterocycles. The van der Waals surface area contributed by atoms with Crippen molar-refractivity contribution in [1.29, 1.82) is 0 Å². The molecule has 0 aliphatic rings. The van der Waals surface area contributed by atoms with Crippen LogP contribution < -0.4 is 5.43 Å². The molecule has 0 bridgehead atoms. The number of pyridine rings is 1. The predicted molar refractivity (Wildman–Crippen MR) is 107 cm³/mol. The maximum atomic E-state index is 12.3. The van der Waals surface area contributed by atoms with Crippen LogP contribution in [-0.4, -0.2) is 22.2 Å². The van der Waals surface area contributed by atoms with Gasteiger partial charge in [-0.3, -0.25) is 9.78 Å². The summed E-state index contributed by atoms with van der Waals surface area (Å²) in [5, 5.41) is 16.9. The van der Waals surface area contributed by atoms with Gasteiger partial charge in [-0.2, -0.15) is 5.10 Å². The molecule has 1 amide bonds. The third kappa shape index (κ3) is 3.48. The minimum Gasteiger partial charge on any atom is -0.506 e. The van der Waals surface area contributed by atoms with Crippen molar-refractivity contribution >= 4 is 33.8 Å². The van der Waals surface area contributed by atoms with Gasteiger partial charge in [-0.25, -0.2) is 5.43 Å². The van der Waals surface area contributed by atoms with E-state index in [0.29, 0.717) is 5.52 Å². The summed E-state index contributed by atoms with van der Waals surface area (Å²) >= 11 is 0. The van der Waals surface area contributed by atoms with Crippen molar-refractivity contribution in [3.05, 3.63) is 84.1 Å². The van der Waals surface area contributed by atoms with Crippen molar-refractivity contribution in [2.24, 2.45) is 5.10 Å². The molecule has 1 aromatic heterocycles. The summed E-state index contributed by atoms with van der Waals surface area (Å²) in [5.74, 6) is -0.0773. The van der Waals surface area contributed by atoms with Gasteiger partial charge in [0.05, 0.1) is 12.6 Å². The van der Waals surface area contributed by atoms with Crippen molar-refractivity contribution in [2.45, 2.75) is 6.42 Å². The highest BCUT2D eigenvalue weighted by Crippen LogP contribution is 2.24. The topological polar surface area (TPSA) is 74.6 Å². The van der Waals surface area contributed by atoms with Gasteiger partial charge in [-0.1, -0.05) is 48.5 Å². The Labute approximate surface area is 156 Å². The number of phenols is 1. The largest absolute Gasteiger partial charge is 0.506 e. The van der Waals surface area contributed by atoms with E-state index in [9.17, 15) is 9.90 Å². The Morgan fingerprint density at radius 1 is 1.00 bits per heavy atom. The normalized spacial score (nSPS) is 11.3. The number of hydrogen-bond acceptors (Lipinski definition) is 4. The Hall–Kier alpha value is -3.73. The number of phenolic OH excluding ortho intramolecular Hbond substituents is 1. The van der Waals surface area contributed by atoms with Crippen LogP contribution in [0.4, 0.5) is 0 Å². The Kier molecular flexibility index (Phi) is 4.49. The van der Waals surface area contributed by atoms with Gasteiger partial charge < -0.3 is 5.11 Å². The summed E-state index contributed by atoms with van der Waals surface area (Å²) in [4.78, 5) is 16.5. The first-order valence-corrected chi connectivity index (χ1v) is 8.57. The Morgan fingerprint density at radius 2 is 1.81 bits per heavy atom. The van der Waals surface area contributed by atoms with Crippen molar-refractivity contribution in [3.63, 3.8) is 0 Å². The molecule has 3 aromatic carbocycles. The molecule has 1 heterocycles. The Bertz CT molecular complexity index is 1160. The lowest BCUT2D eigenvalue weighted by Crippen LogP contribution is -2.19. The van der Waals surface area contributed by atoms with Crippen LogP contribution in [0.25, 0.3) is 21.7 Å². The lowest BCUT2D eigenvalue weighted by Gasteiger charge is -2.06.